The van der Waals surface area contributed by atoms with Crippen LogP contribution in [-0.4, -0.2) is 54.0 Å². The number of nitrogens with one attached hydrogen (secondary N) is 1. The molecule has 1 aromatic heterocycles. The second kappa shape index (κ2) is 7.09. The summed E-state index contributed by atoms with van der Waals surface area (Å²) >= 11 is 0. The molecule has 132 valence electrons. The Labute approximate surface area is 152 Å². The Morgan fingerprint density at radius 1 is 0.923 bits per heavy atom. The Bertz CT molecular complexity index is 917. The summed E-state index contributed by atoms with van der Waals surface area (Å²) < 4.78 is 0. The van der Waals surface area contributed by atoms with Gasteiger partial charge in [-0.05, 0) is 49.5 Å². The predicted octanol–water partition coefficient (Wildman–Crippen LogP) is 2.63. The molecule has 1 amide bonds. The van der Waals surface area contributed by atoms with Gasteiger partial charge in [0.1, 0.15) is 0 Å². The van der Waals surface area contributed by atoms with Crippen LogP contribution in [0.4, 0.5) is 11.4 Å². The first-order valence-electron chi connectivity index (χ1n) is 8.75. The van der Waals surface area contributed by atoms with E-state index in [0.717, 1.165) is 37.4 Å². The minimum absolute atomic E-state index is 0.148. The first-order valence-corrected chi connectivity index (χ1v) is 8.75. The monoisotopic (exact) mass is 347 g/mol. The Hall–Kier alpha value is -2.99. The molecule has 0 radical (unpaired) electrons. The zero-order valence-electron chi connectivity index (χ0n) is 14.7. The number of fused-ring (bicyclic) bond motifs is 1. The molecule has 0 saturated carbocycles. The third-order valence-electron chi connectivity index (χ3n) is 4.73. The van der Waals surface area contributed by atoms with E-state index in [-0.39, 0.29) is 5.91 Å². The predicted molar refractivity (Wildman–Crippen MR) is 104 cm³/mol. The maximum atomic E-state index is 12.5. The fraction of sp³-hybridized carbons (Fsp3) is 0.250. The van der Waals surface area contributed by atoms with Gasteiger partial charge in [-0.15, -0.1) is 0 Å². The summed E-state index contributed by atoms with van der Waals surface area (Å²) in [5.74, 6) is -0.148. The summed E-state index contributed by atoms with van der Waals surface area (Å²) in [7, 11) is 2.15. The summed E-state index contributed by atoms with van der Waals surface area (Å²) in [6, 6.07) is 13.4. The largest absolute Gasteiger partial charge is 0.369 e. The van der Waals surface area contributed by atoms with Crippen molar-refractivity contribution in [3.63, 3.8) is 0 Å². The quantitative estimate of drug-likeness (QED) is 0.789. The van der Waals surface area contributed by atoms with Crippen LogP contribution in [-0.2, 0) is 0 Å². The molecule has 0 aliphatic carbocycles. The van der Waals surface area contributed by atoms with Gasteiger partial charge in [0, 0.05) is 55.5 Å². The highest BCUT2D eigenvalue weighted by Crippen LogP contribution is 2.20. The van der Waals surface area contributed by atoms with Crippen LogP contribution in [0.3, 0.4) is 0 Å². The smallest absolute Gasteiger partial charge is 0.255 e. The van der Waals surface area contributed by atoms with E-state index in [9.17, 15) is 4.79 Å². The molecule has 1 saturated heterocycles. The minimum atomic E-state index is -0.148. The first-order chi connectivity index (χ1) is 12.7. The van der Waals surface area contributed by atoms with Crippen LogP contribution in [0.1, 0.15) is 10.4 Å². The van der Waals surface area contributed by atoms with Crippen molar-refractivity contribution in [1.82, 2.24) is 14.9 Å². The number of amides is 1. The molecule has 6 heteroatoms. The van der Waals surface area contributed by atoms with Gasteiger partial charge in [0.25, 0.3) is 5.91 Å². The molecule has 6 nitrogen and oxygen atoms in total. The second-order valence-corrected chi connectivity index (χ2v) is 6.55. The lowest BCUT2D eigenvalue weighted by Crippen LogP contribution is -2.44. The highest BCUT2D eigenvalue weighted by Gasteiger charge is 2.14. The van der Waals surface area contributed by atoms with Gasteiger partial charge >= 0.3 is 0 Å². The molecule has 0 spiro atoms. The zero-order chi connectivity index (χ0) is 17.9. The van der Waals surface area contributed by atoms with Crippen LogP contribution < -0.4 is 10.2 Å². The van der Waals surface area contributed by atoms with Crippen molar-refractivity contribution in [1.29, 1.82) is 0 Å². The van der Waals surface area contributed by atoms with E-state index in [2.05, 4.69) is 44.3 Å². The van der Waals surface area contributed by atoms with E-state index in [1.165, 1.54) is 5.69 Å². The Morgan fingerprint density at radius 2 is 1.62 bits per heavy atom. The molecule has 1 N–H and O–H groups in total. The number of carbonyl (C=O) groups is 1. The van der Waals surface area contributed by atoms with E-state index in [0.29, 0.717) is 11.1 Å². The first kappa shape index (κ1) is 16.5. The maximum Gasteiger partial charge on any atom is 0.255 e. The van der Waals surface area contributed by atoms with E-state index in [4.69, 9.17) is 0 Å². The fourth-order valence-electron chi connectivity index (χ4n) is 3.13. The maximum absolute atomic E-state index is 12.5. The number of hydrogen-bond acceptors (Lipinski definition) is 5. The lowest BCUT2D eigenvalue weighted by atomic mass is 10.1. The molecule has 2 aromatic carbocycles. The summed E-state index contributed by atoms with van der Waals surface area (Å²) in [6.45, 7) is 4.20. The second-order valence-electron chi connectivity index (χ2n) is 6.55. The number of piperazine rings is 1. The van der Waals surface area contributed by atoms with Crippen LogP contribution in [0.2, 0.25) is 0 Å². The summed E-state index contributed by atoms with van der Waals surface area (Å²) in [6.07, 6.45) is 3.27. The molecule has 0 atom stereocenters. The van der Waals surface area contributed by atoms with Gasteiger partial charge in [-0.2, -0.15) is 0 Å². The molecular weight excluding hydrogens is 326 g/mol. The summed E-state index contributed by atoms with van der Waals surface area (Å²) in [5.41, 5.74) is 4.04. The van der Waals surface area contributed by atoms with Crippen molar-refractivity contribution >= 4 is 28.3 Å². The lowest BCUT2D eigenvalue weighted by molar-refractivity contribution is 0.102. The van der Waals surface area contributed by atoms with E-state index in [1.807, 2.05) is 18.2 Å². The molecule has 4 rings (SSSR count). The van der Waals surface area contributed by atoms with Crippen molar-refractivity contribution in [2.75, 3.05) is 43.4 Å². The van der Waals surface area contributed by atoms with Gasteiger partial charge in [0.15, 0.2) is 0 Å². The van der Waals surface area contributed by atoms with E-state index < -0.39 is 0 Å². The summed E-state index contributed by atoms with van der Waals surface area (Å²) in [5, 5.41) is 2.95. The van der Waals surface area contributed by atoms with E-state index in [1.54, 1.807) is 24.5 Å². The number of likely N-dealkylation sites (N-methyl/N-ethyl adjacent to an activating group) is 1. The van der Waals surface area contributed by atoms with Gasteiger partial charge in [0.2, 0.25) is 0 Å². The van der Waals surface area contributed by atoms with Gasteiger partial charge in [-0.25, -0.2) is 0 Å². The molecule has 0 unspecified atom stereocenters. The number of aromatic nitrogens is 2. The Balaban J connectivity index is 1.45. The van der Waals surface area contributed by atoms with Crippen LogP contribution in [0, 0.1) is 0 Å². The van der Waals surface area contributed by atoms with Crippen LogP contribution in [0.25, 0.3) is 11.0 Å². The average Bonchev–Trinajstić information content (AvgIpc) is 2.69. The molecule has 26 heavy (non-hydrogen) atoms. The topological polar surface area (TPSA) is 61.4 Å². The fourth-order valence-corrected chi connectivity index (χ4v) is 3.13. The van der Waals surface area contributed by atoms with Gasteiger partial charge in [-0.1, -0.05) is 0 Å². The van der Waals surface area contributed by atoms with Crippen molar-refractivity contribution in [2.45, 2.75) is 0 Å². The molecule has 1 fully saturated rings. The normalized spacial score (nSPS) is 15.2. The third-order valence-corrected chi connectivity index (χ3v) is 4.73. The molecule has 0 bridgehead atoms. The van der Waals surface area contributed by atoms with E-state index >= 15 is 0 Å². The zero-order valence-corrected chi connectivity index (χ0v) is 14.7. The van der Waals surface area contributed by atoms with Crippen LogP contribution >= 0.6 is 0 Å². The highest BCUT2D eigenvalue weighted by molar-refractivity contribution is 6.05. The lowest BCUT2D eigenvalue weighted by Gasteiger charge is -2.34. The molecule has 1 aliphatic heterocycles. The number of benzene rings is 2. The number of hydrogen-bond donors (Lipinski definition) is 1. The molecular formula is C20H21N5O. The SMILES string of the molecule is CN1CCN(c2ccc(NC(=O)c3ccc4nccnc4c3)cc2)CC1. The van der Waals surface area contributed by atoms with Crippen molar-refractivity contribution < 1.29 is 4.79 Å². The summed E-state index contributed by atoms with van der Waals surface area (Å²) in [4.78, 5) is 25.7. The van der Waals surface area contributed by atoms with Crippen molar-refractivity contribution in [3.05, 3.63) is 60.4 Å². The molecule has 3 aromatic rings. The van der Waals surface area contributed by atoms with Crippen molar-refractivity contribution in [3.8, 4) is 0 Å². The Morgan fingerprint density at radius 3 is 2.35 bits per heavy atom. The van der Waals surface area contributed by atoms with Crippen LogP contribution in [0.15, 0.2) is 54.9 Å². The Kier molecular flexibility index (Phi) is 4.50. The minimum Gasteiger partial charge on any atom is -0.369 e. The van der Waals surface area contributed by atoms with Gasteiger partial charge in [0.05, 0.1) is 11.0 Å². The average molecular weight is 347 g/mol. The molecule has 1 aliphatic rings. The van der Waals surface area contributed by atoms with Gasteiger partial charge in [-0.3, -0.25) is 14.8 Å². The number of nitrogens with zero attached hydrogens (tertiary/aromatic N) is 4. The van der Waals surface area contributed by atoms with Gasteiger partial charge < -0.3 is 15.1 Å². The standard InChI is InChI=1S/C20H21N5O/c1-24-10-12-25(13-11-24)17-5-3-16(4-6-17)23-20(26)15-2-7-18-19(14-15)22-9-8-21-18/h2-9,14H,10-13H2,1H3,(H,23,26). The number of carbonyl (C=O) groups excluding carboxylic acids is 1. The highest BCUT2D eigenvalue weighted by atomic mass is 16.1. The number of anilines is 2. The van der Waals surface area contributed by atoms with Crippen LogP contribution in [0.5, 0.6) is 0 Å². The third kappa shape index (κ3) is 3.50. The van der Waals surface area contributed by atoms with Crippen molar-refractivity contribution in [2.24, 2.45) is 0 Å². The molecule has 2 heterocycles. The number of rotatable bonds is 3.